The summed E-state index contributed by atoms with van der Waals surface area (Å²) in [5.41, 5.74) is 1.95. The van der Waals surface area contributed by atoms with Gasteiger partial charge in [0.15, 0.2) is 0 Å². The summed E-state index contributed by atoms with van der Waals surface area (Å²) >= 11 is 11.8. The molecule has 0 aliphatic rings. The van der Waals surface area contributed by atoms with Crippen LogP contribution in [0.15, 0.2) is 60.8 Å². The fourth-order valence-corrected chi connectivity index (χ4v) is 2.63. The number of halogens is 2. The van der Waals surface area contributed by atoms with Crippen LogP contribution in [0.4, 0.5) is 5.69 Å². The van der Waals surface area contributed by atoms with Gasteiger partial charge in [0.25, 0.3) is 5.91 Å². The summed E-state index contributed by atoms with van der Waals surface area (Å²) in [4.78, 5) is 16.4. The van der Waals surface area contributed by atoms with E-state index in [0.717, 1.165) is 5.56 Å². The molecule has 0 radical (unpaired) electrons. The number of nitrogens with one attached hydrogen (secondary N) is 1. The maximum Gasteiger partial charge on any atom is 0.255 e. The molecule has 2 aromatic carbocycles. The molecule has 5 nitrogen and oxygen atoms in total. The molecule has 1 aromatic heterocycles. The van der Waals surface area contributed by atoms with Gasteiger partial charge in [0.1, 0.15) is 5.75 Å². The number of benzene rings is 2. The second-order valence-corrected chi connectivity index (χ2v) is 6.50. The third kappa shape index (κ3) is 5.20. The number of amides is 1. The van der Waals surface area contributed by atoms with Gasteiger partial charge in [-0.2, -0.15) is 0 Å². The van der Waals surface area contributed by atoms with Crippen molar-refractivity contribution in [2.75, 3.05) is 11.9 Å². The van der Waals surface area contributed by atoms with Gasteiger partial charge < -0.3 is 15.2 Å². The van der Waals surface area contributed by atoms with Gasteiger partial charge in [-0.05, 0) is 48.4 Å². The van der Waals surface area contributed by atoms with Crippen LogP contribution in [0.2, 0.25) is 10.0 Å². The average Bonchev–Trinajstić information content (AvgIpc) is 2.67. The molecule has 0 aliphatic heterocycles. The number of pyridine rings is 1. The third-order valence-electron chi connectivity index (χ3n) is 3.72. The van der Waals surface area contributed by atoms with E-state index in [1.54, 1.807) is 24.3 Å². The molecule has 0 bridgehead atoms. The lowest BCUT2D eigenvalue weighted by molar-refractivity contribution is 0.102. The fourth-order valence-electron chi connectivity index (χ4n) is 2.33. The molecule has 7 heteroatoms. The number of aromatic nitrogens is 1. The maximum absolute atomic E-state index is 12.2. The lowest BCUT2D eigenvalue weighted by atomic mass is 10.1. The first-order valence-electron chi connectivity index (χ1n) is 8.15. The zero-order valence-electron chi connectivity index (χ0n) is 14.2. The number of carbonyl (C=O) groups is 1. The van der Waals surface area contributed by atoms with Crippen molar-refractivity contribution >= 4 is 34.8 Å². The molecule has 138 valence electrons. The monoisotopic (exact) mass is 402 g/mol. The Kier molecular flexibility index (Phi) is 6.29. The van der Waals surface area contributed by atoms with Crippen molar-refractivity contribution in [3.63, 3.8) is 0 Å². The number of carbonyl (C=O) groups excluding carboxylic acids is 1. The van der Waals surface area contributed by atoms with Gasteiger partial charge in [0, 0.05) is 18.2 Å². The summed E-state index contributed by atoms with van der Waals surface area (Å²) in [7, 11) is 0. The number of ether oxygens (including phenoxy) is 1. The van der Waals surface area contributed by atoms with Gasteiger partial charge in [-0.15, -0.1) is 0 Å². The summed E-state index contributed by atoms with van der Waals surface area (Å²) in [5.74, 6) is 0.720. The van der Waals surface area contributed by atoms with Crippen LogP contribution in [0.25, 0.3) is 0 Å². The van der Waals surface area contributed by atoms with Gasteiger partial charge in [-0.1, -0.05) is 35.3 Å². The van der Waals surface area contributed by atoms with Gasteiger partial charge >= 0.3 is 0 Å². The molecule has 0 unspecified atom stereocenters. The average molecular weight is 403 g/mol. The molecule has 0 aliphatic carbocycles. The molecule has 1 amide bonds. The van der Waals surface area contributed by atoms with Gasteiger partial charge in [-0.25, -0.2) is 4.98 Å². The quantitative estimate of drug-likeness (QED) is 0.610. The van der Waals surface area contributed by atoms with Crippen molar-refractivity contribution in [3.8, 4) is 11.6 Å². The highest BCUT2D eigenvalue weighted by atomic mass is 35.5. The van der Waals surface area contributed by atoms with Crippen LogP contribution in [0.3, 0.4) is 0 Å². The van der Waals surface area contributed by atoms with Crippen molar-refractivity contribution in [3.05, 3.63) is 82.0 Å². The smallest absolute Gasteiger partial charge is 0.255 e. The largest absolute Gasteiger partial charge is 0.439 e. The number of hydrogen-bond acceptors (Lipinski definition) is 4. The Morgan fingerprint density at radius 3 is 2.44 bits per heavy atom. The Morgan fingerprint density at radius 1 is 1.04 bits per heavy atom. The minimum atomic E-state index is -0.316. The van der Waals surface area contributed by atoms with Crippen LogP contribution in [0.5, 0.6) is 11.6 Å². The number of aliphatic hydroxyl groups is 1. The minimum absolute atomic E-state index is 0.108. The Morgan fingerprint density at radius 2 is 1.81 bits per heavy atom. The summed E-state index contributed by atoms with van der Waals surface area (Å²) < 4.78 is 5.67. The molecule has 3 aromatic rings. The molecule has 27 heavy (non-hydrogen) atoms. The number of hydrogen-bond donors (Lipinski definition) is 2. The van der Waals surface area contributed by atoms with Crippen LogP contribution in [0.1, 0.15) is 15.9 Å². The zero-order chi connectivity index (χ0) is 19.2. The molecule has 0 saturated carbocycles. The van der Waals surface area contributed by atoms with E-state index in [4.69, 9.17) is 33.0 Å². The molecule has 0 saturated heterocycles. The standard InChI is InChI=1S/C20H16Cl2N2O3/c21-17-7-3-14(11-18(17)22)20(26)24-15-4-8-19(23-12-15)27-16-5-1-13(2-6-16)9-10-25/h1-8,11-12,25H,9-10H2,(H,24,26). The van der Waals surface area contributed by atoms with E-state index >= 15 is 0 Å². The molecular formula is C20H16Cl2N2O3. The normalized spacial score (nSPS) is 10.5. The maximum atomic E-state index is 12.2. The molecular weight excluding hydrogens is 387 g/mol. The van der Waals surface area contributed by atoms with Crippen molar-refractivity contribution in [2.45, 2.75) is 6.42 Å². The zero-order valence-corrected chi connectivity index (χ0v) is 15.7. The number of rotatable bonds is 6. The predicted octanol–water partition coefficient (Wildman–Crippen LogP) is 4.97. The summed E-state index contributed by atoms with van der Waals surface area (Å²) in [6.07, 6.45) is 2.11. The molecule has 1 heterocycles. The Hall–Kier alpha value is -2.60. The van der Waals surface area contributed by atoms with E-state index in [9.17, 15) is 4.79 Å². The minimum Gasteiger partial charge on any atom is -0.439 e. The highest BCUT2D eigenvalue weighted by Gasteiger charge is 2.09. The fraction of sp³-hybridized carbons (Fsp3) is 0.100. The molecule has 0 atom stereocenters. The van der Waals surface area contributed by atoms with Gasteiger partial charge in [0.05, 0.1) is 21.9 Å². The van der Waals surface area contributed by atoms with Crippen LogP contribution in [0, 0.1) is 0 Å². The second kappa shape index (κ2) is 8.86. The Labute approximate surface area is 166 Å². The molecule has 2 N–H and O–H groups in total. The van der Waals surface area contributed by atoms with Crippen LogP contribution in [-0.2, 0) is 6.42 Å². The van der Waals surface area contributed by atoms with E-state index in [-0.39, 0.29) is 12.5 Å². The van der Waals surface area contributed by atoms with Crippen LogP contribution >= 0.6 is 23.2 Å². The topological polar surface area (TPSA) is 71.5 Å². The van der Waals surface area contributed by atoms with Crippen molar-refractivity contribution in [2.24, 2.45) is 0 Å². The van der Waals surface area contributed by atoms with E-state index in [1.165, 1.54) is 12.3 Å². The molecule has 3 rings (SSSR count). The lowest BCUT2D eigenvalue weighted by Crippen LogP contribution is -2.12. The Bertz CT molecular complexity index is 929. The first kappa shape index (κ1) is 19.2. The van der Waals surface area contributed by atoms with E-state index in [2.05, 4.69) is 10.3 Å². The Balaban J connectivity index is 1.62. The van der Waals surface area contributed by atoms with Crippen molar-refractivity contribution < 1.29 is 14.6 Å². The highest BCUT2D eigenvalue weighted by molar-refractivity contribution is 6.42. The van der Waals surface area contributed by atoms with Crippen LogP contribution < -0.4 is 10.1 Å². The second-order valence-electron chi connectivity index (χ2n) is 5.69. The lowest BCUT2D eigenvalue weighted by Gasteiger charge is -2.08. The molecule has 0 fully saturated rings. The van der Waals surface area contributed by atoms with Crippen LogP contribution in [-0.4, -0.2) is 22.6 Å². The van der Waals surface area contributed by atoms with Gasteiger partial charge in [-0.3, -0.25) is 4.79 Å². The first-order chi connectivity index (χ1) is 13.0. The summed E-state index contributed by atoms with van der Waals surface area (Å²) in [6.45, 7) is 0.108. The van der Waals surface area contributed by atoms with E-state index in [0.29, 0.717) is 39.3 Å². The van der Waals surface area contributed by atoms with Crippen molar-refractivity contribution in [1.82, 2.24) is 4.98 Å². The first-order valence-corrected chi connectivity index (χ1v) is 8.91. The summed E-state index contributed by atoms with van der Waals surface area (Å²) in [5, 5.41) is 12.4. The van der Waals surface area contributed by atoms with E-state index < -0.39 is 0 Å². The highest BCUT2D eigenvalue weighted by Crippen LogP contribution is 2.24. The third-order valence-corrected chi connectivity index (χ3v) is 4.46. The summed E-state index contributed by atoms with van der Waals surface area (Å²) in [6, 6.07) is 15.4. The number of nitrogens with zero attached hydrogens (tertiary/aromatic N) is 1. The SMILES string of the molecule is O=C(Nc1ccc(Oc2ccc(CCO)cc2)nc1)c1ccc(Cl)c(Cl)c1. The van der Waals surface area contributed by atoms with Gasteiger partial charge in [0.2, 0.25) is 5.88 Å². The predicted molar refractivity (Wildman–Crippen MR) is 106 cm³/mol. The van der Waals surface area contributed by atoms with E-state index in [1.807, 2.05) is 24.3 Å². The van der Waals surface area contributed by atoms with Crippen molar-refractivity contribution in [1.29, 1.82) is 0 Å². The number of anilines is 1. The number of aliphatic hydroxyl groups excluding tert-OH is 1. The molecule has 0 spiro atoms.